The molecule has 5 aliphatic rings. The zero-order valence-electron chi connectivity index (χ0n) is 19.7. The normalized spacial score (nSPS) is 37.5. The Kier molecular flexibility index (Phi) is 5.16. The molecule has 170 valence electrons. The van der Waals surface area contributed by atoms with Gasteiger partial charge in [0.25, 0.3) is 0 Å². The van der Waals surface area contributed by atoms with Gasteiger partial charge in [0.2, 0.25) is 0 Å². The van der Waals surface area contributed by atoms with Gasteiger partial charge < -0.3 is 14.4 Å². The van der Waals surface area contributed by atoms with Gasteiger partial charge in [-0.25, -0.2) is 0 Å². The molecule has 0 N–H and O–H groups in total. The highest BCUT2D eigenvalue weighted by atomic mass is 16.7. The quantitative estimate of drug-likeness (QED) is 0.439. The maximum atomic E-state index is 6.14. The molecule has 1 spiro atoms. The van der Waals surface area contributed by atoms with E-state index in [-0.39, 0.29) is 5.79 Å². The lowest BCUT2D eigenvalue weighted by atomic mass is 9.56. The molecule has 1 aromatic rings. The first-order valence-corrected chi connectivity index (χ1v) is 12.8. The van der Waals surface area contributed by atoms with Crippen LogP contribution in [0.5, 0.6) is 0 Å². The maximum absolute atomic E-state index is 6.14. The highest BCUT2D eigenvalue weighted by molar-refractivity contribution is 5.49. The van der Waals surface area contributed by atoms with Crippen molar-refractivity contribution >= 4 is 5.69 Å². The number of terminal acetylenes is 1. The van der Waals surface area contributed by atoms with Crippen LogP contribution in [0.3, 0.4) is 0 Å². The van der Waals surface area contributed by atoms with Gasteiger partial charge in [0.05, 0.1) is 13.2 Å². The molecule has 3 nitrogen and oxygen atoms in total. The highest BCUT2D eigenvalue weighted by Crippen LogP contribution is 2.61. The Labute approximate surface area is 193 Å². The monoisotopic (exact) mass is 431 g/mol. The van der Waals surface area contributed by atoms with Crippen LogP contribution in [0.1, 0.15) is 62.8 Å². The zero-order valence-corrected chi connectivity index (χ0v) is 19.7. The molecule has 1 heterocycles. The third-order valence-corrected chi connectivity index (χ3v) is 9.54. The molecule has 4 fully saturated rings. The van der Waals surface area contributed by atoms with E-state index in [9.17, 15) is 0 Å². The van der Waals surface area contributed by atoms with Crippen molar-refractivity contribution in [2.45, 2.75) is 63.1 Å². The van der Waals surface area contributed by atoms with Crippen molar-refractivity contribution < 1.29 is 9.47 Å². The third kappa shape index (κ3) is 3.25. The van der Waals surface area contributed by atoms with Gasteiger partial charge in [-0.15, -0.1) is 12.3 Å². The molecular weight excluding hydrogens is 394 g/mol. The van der Waals surface area contributed by atoms with Crippen LogP contribution in [0.4, 0.5) is 5.69 Å². The van der Waals surface area contributed by atoms with Crippen LogP contribution in [0, 0.1) is 41.9 Å². The number of ether oxygens (including phenoxy) is 2. The number of fused-ring (bicyclic) bond motifs is 4. The second-order valence-electron chi connectivity index (χ2n) is 11.1. The number of rotatable bonds is 2. The molecular formula is C29H37NO2. The molecule has 3 heteroatoms. The maximum Gasteiger partial charge on any atom is 0.169 e. The fraction of sp³-hybridized carbons (Fsp3) is 0.655. The second kappa shape index (κ2) is 7.93. The van der Waals surface area contributed by atoms with E-state index in [2.05, 4.69) is 49.2 Å². The van der Waals surface area contributed by atoms with Crippen LogP contribution in [-0.4, -0.2) is 33.1 Å². The van der Waals surface area contributed by atoms with Crippen molar-refractivity contribution in [3.05, 3.63) is 41.0 Å². The average molecular weight is 432 g/mol. The van der Waals surface area contributed by atoms with Crippen LogP contribution in [-0.2, 0) is 9.47 Å². The van der Waals surface area contributed by atoms with E-state index < -0.39 is 0 Å². The van der Waals surface area contributed by atoms with Crippen LogP contribution in [0.15, 0.2) is 35.4 Å². The predicted octanol–water partition coefficient (Wildman–Crippen LogP) is 5.77. The summed E-state index contributed by atoms with van der Waals surface area (Å²) in [6, 6.07) is 9.38. The summed E-state index contributed by atoms with van der Waals surface area (Å²) in [5.74, 6) is 6.77. The number of hydrogen-bond donors (Lipinski definition) is 0. The zero-order chi connectivity index (χ0) is 21.9. The van der Waals surface area contributed by atoms with Crippen molar-refractivity contribution in [3.63, 3.8) is 0 Å². The molecule has 6 rings (SSSR count). The molecule has 0 aromatic heterocycles. The van der Waals surface area contributed by atoms with Gasteiger partial charge in [0.15, 0.2) is 5.79 Å². The Morgan fingerprint density at radius 2 is 1.78 bits per heavy atom. The second-order valence-corrected chi connectivity index (χ2v) is 11.1. The summed E-state index contributed by atoms with van der Waals surface area (Å²) in [5, 5.41) is 0. The number of anilines is 1. The van der Waals surface area contributed by atoms with Crippen molar-refractivity contribution in [1.29, 1.82) is 0 Å². The van der Waals surface area contributed by atoms with E-state index in [1.165, 1.54) is 43.4 Å². The van der Waals surface area contributed by atoms with E-state index in [4.69, 9.17) is 15.9 Å². The Balaban J connectivity index is 1.40. The number of benzene rings is 1. The fourth-order valence-electron chi connectivity index (χ4n) is 8.11. The van der Waals surface area contributed by atoms with Gasteiger partial charge in [-0.05, 0) is 79.9 Å². The van der Waals surface area contributed by atoms with Crippen LogP contribution in [0.2, 0.25) is 0 Å². The van der Waals surface area contributed by atoms with Gasteiger partial charge in [0.1, 0.15) is 0 Å². The summed E-state index contributed by atoms with van der Waals surface area (Å²) in [4.78, 5) is 2.19. The summed E-state index contributed by atoms with van der Waals surface area (Å²) in [6.45, 7) is 1.53. The Bertz CT molecular complexity index is 933. The first-order valence-electron chi connectivity index (χ1n) is 12.8. The van der Waals surface area contributed by atoms with Gasteiger partial charge in [-0.3, -0.25) is 0 Å². The fourth-order valence-corrected chi connectivity index (χ4v) is 8.11. The van der Waals surface area contributed by atoms with E-state index in [1.807, 2.05) is 5.57 Å². The van der Waals surface area contributed by atoms with Crippen LogP contribution >= 0.6 is 0 Å². The molecule has 0 amide bonds. The molecule has 0 bridgehead atoms. The number of nitrogens with zero attached hydrogens (tertiary/aromatic N) is 1. The summed E-state index contributed by atoms with van der Waals surface area (Å²) in [5.41, 5.74) is 6.36. The molecule has 32 heavy (non-hydrogen) atoms. The molecule has 1 aliphatic heterocycles. The molecule has 0 radical (unpaired) electrons. The minimum Gasteiger partial charge on any atom is -0.378 e. The van der Waals surface area contributed by atoms with E-state index in [0.29, 0.717) is 23.7 Å². The summed E-state index contributed by atoms with van der Waals surface area (Å²) >= 11 is 0. The Hall–Kier alpha value is -1.76. The molecule has 4 aliphatic carbocycles. The smallest absolute Gasteiger partial charge is 0.169 e. The van der Waals surface area contributed by atoms with E-state index in [1.54, 1.807) is 5.57 Å². The summed E-state index contributed by atoms with van der Waals surface area (Å²) < 4.78 is 12.3. The first kappa shape index (κ1) is 20.8. The predicted molar refractivity (Wildman–Crippen MR) is 128 cm³/mol. The SMILES string of the molecule is C#C[C@H]1CCC2C3CCC4CC5(CCC4=C3C(c3ccc(N(C)C)cc3)CC21)OCCO5. The molecule has 6 atom stereocenters. The van der Waals surface area contributed by atoms with Crippen LogP contribution < -0.4 is 4.90 Å². The van der Waals surface area contributed by atoms with Gasteiger partial charge >= 0.3 is 0 Å². The largest absolute Gasteiger partial charge is 0.378 e. The number of hydrogen-bond acceptors (Lipinski definition) is 3. The minimum absolute atomic E-state index is 0.288. The van der Waals surface area contributed by atoms with Crippen LogP contribution in [0.25, 0.3) is 0 Å². The van der Waals surface area contributed by atoms with Crippen molar-refractivity contribution in [2.24, 2.45) is 29.6 Å². The van der Waals surface area contributed by atoms with E-state index in [0.717, 1.165) is 44.3 Å². The first-order chi connectivity index (χ1) is 15.6. The topological polar surface area (TPSA) is 21.7 Å². The van der Waals surface area contributed by atoms with Gasteiger partial charge in [-0.2, -0.15) is 0 Å². The Morgan fingerprint density at radius 3 is 2.50 bits per heavy atom. The summed E-state index contributed by atoms with van der Waals surface area (Å²) in [7, 11) is 4.24. The lowest BCUT2D eigenvalue weighted by Crippen LogP contribution is -2.43. The standard InChI is InChI=1S/C29H37NO2/c1-4-19-7-11-24-25-12-8-21-18-29(31-15-16-32-29)14-13-23(21)28(25)27(17-26(19)24)20-5-9-22(10-6-20)30(2)3/h1,5-6,9-10,19,21,24-27H,7-8,11-18H2,2-3H3/t19-,21?,24?,25?,26?,27?/m0/s1. The number of allylic oxidation sites excluding steroid dienone is 2. The highest BCUT2D eigenvalue weighted by Gasteiger charge is 2.52. The lowest BCUT2D eigenvalue weighted by Gasteiger charge is -2.50. The average Bonchev–Trinajstić information content (AvgIpc) is 3.45. The molecule has 5 unspecified atom stereocenters. The van der Waals surface area contributed by atoms with E-state index >= 15 is 0 Å². The van der Waals surface area contributed by atoms with Gasteiger partial charge in [0, 0.05) is 44.5 Å². The van der Waals surface area contributed by atoms with Crippen molar-refractivity contribution in [3.8, 4) is 12.3 Å². The van der Waals surface area contributed by atoms with Crippen molar-refractivity contribution in [1.82, 2.24) is 0 Å². The minimum atomic E-state index is -0.288. The van der Waals surface area contributed by atoms with Crippen molar-refractivity contribution in [2.75, 3.05) is 32.2 Å². The summed E-state index contributed by atoms with van der Waals surface area (Å²) in [6.07, 6.45) is 15.7. The molecule has 1 saturated heterocycles. The molecule has 3 saturated carbocycles. The molecule has 1 aromatic carbocycles. The lowest BCUT2D eigenvalue weighted by molar-refractivity contribution is -0.181. The van der Waals surface area contributed by atoms with Gasteiger partial charge in [-0.1, -0.05) is 23.3 Å². The third-order valence-electron chi connectivity index (χ3n) is 9.54. The Morgan fingerprint density at radius 1 is 1.00 bits per heavy atom.